The first-order valence-corrected chi connectivity index (χ1v) is 11.7. The van der Waals surface area contributed by atoms with Crippen molar-refractivity contribution in [2.24, 2.45) is 0 Å². The lowest BCUT2D eigenvalue weighted by Crippen LogP contribution is -3.61. The predicted octanol–water partition coefficient (Wildman–Crippen LogP) is 0.931. The Balaban J connectivity index is 0.000000203. The molecule has 0 N–H and O–H groups in total. The Labute approximate surface area is 174 Å². The third kappa shape index (κ3) is 7.02. The molecule has 146 valence electrons. The first kappa shape index (κ1) is 22.0. The average Bonchev–Trinajstić information content (AvgIpc) is 2.65. The number of nitro groups is 1. The zero-order chi connectivity index (χ0) is 20.7. The third-order valence-electron chi connectivity index (χ3n) is 3.56. The van der Waals surface area contributed by atoms with Gasteiger partial charge in [-0.05, 0) is 44.2 Å². The molecule has 8 heteroatoms. The lowest BCUT2D eigenvalue weighted by atomic mass is 10.2. The van der Waals surface area contributed by atoms with Crippen molar-refractivity contribution in [3.8, 4) is 0 Å². The van der Waals surface area contributed by atoms with Gasteiger partial charge in [0.25, 0.3) is 5.69 Å². The van der Waals surface area contributed by atoms with Gasteiger partial charge in [0.2, 0.25) is 0 Å². The summed E-state index contributed by atoms with van der Waals surface area (Å²) in [5, 5.41) is 10.2. The van der Waals surface area contributed by atoms with Crippen LogP contribution in [0.25, 0.3) is 0 Å². The quantitative estimate of drug-likeness (QED) is 0.225. The molecule has 0 fully saturated rings. The summed E-state index contributed by atoms with van der Waals surface area (Å²) in [7, 11) is -4.61. The summed E-state index contributed by atoms with van der Waals surface area (Å²) in [5.74, 6) is 0. The molecule has 0 spiro atoms. The number of hydrogen-bond acceptors (Lipinski definition) is 5. The van der Waals surface area contributed by atoms with Crippen molar-refractivity contribution >= 4 is 15.8 Å². The molecule has 28 heavy (non-hydrogen) atoms. The highest BCUT2D eigenvalue weighted by Gasteiger charge is 2.14. The van der Waals surface area contributed by atoms with Crippen molar-refractivity contribution in [3.63, 3.8) is 0 Å². The van der Waals surface area contributed by atoms with Crippen LogP contribution in [0, 0.1) is 31.1 Å². The summed E-state index contributed by atoms with van der Waals surface area (Å²) in [5.41, 5.74) is 2.26. The van der Waals surface area contributed by atoms with E-state index < -0.39 is 25.6 Å². The second-order valence-electron chi connectivity index (χ2n) is 5.89. The molecule has 0 saturated carbocycles. The summed E-state index contributed by atoms with van der Waals surface area (Å²) in [6.07, 6.45) is 0. The van der Waals surface area contributed by atoms with E-state index in [1.54, 1.807) is 0 Å². The SMILES string of the molecule is Cc1ccc([I+]c2ccc(C)cc2)cc1.O=[N+]([O-])c1cccc(S(=O)(=O)[O-])c1. The van der Waals surface area contributed by atoms with E-state index in [1.807, 2.05) is 0 Å². The van der Waals surface area contributed by atoms with E-state index in [1.165, 1.54) is 18.3 Å². The van der Waals surface area contributed by atoms with Gasteiger partial charge in [-0.25, -0.2) is 8.42 Å². The fraction of sp³-hybridized carbons (Fsp3) is 0.100. The molecule has 0 atom stereocenters. The van der Waals surface area contributed by atoms with E-state index in [0.29, 0.717) is 0 Å². The van der Waals surface area contributed by atoms with E-state index in [9.17, 15) is 23.1 Å². The molecule has 0 aromatic heterocycles. The number of rotatable bonds is 4. The van der Waals surface area contributed by atoms with Crippen LogP contribution in [0.5, 0.6) is 0 Å². The van der Waals surface area contributed by atoms with Gasteiger partial charge >= 0.3 is 21.2 Å². The summed E-state index contributed by atoms with van der Waals surface area (Å²) in [6.45, 7) is 4.27. The van der Waals surface area contributed by atoms with Crippen LogP contribution in [-0.2, 0) is 10.1 Å². The molecule has 0 unspecified atom stereocenters. The number of nitrogens with zero attached hydrogens (tertiary/aromatic N) is 1. The van der Waals surface area contributed by atoms with E-state index in [4.69, 9.17) is 0 Å². The van der Waals surface area contributed by atoms with Crippen LogP contribution in [0.1, 0.15) is 11.1 Å². The number of non-ortho nitro benzene ring substituents is 1. The van der Waals surface area contributed by atoms with Crippen LogP contribution in [-0.4, -0.2) is 17.9 Å². The first-order valence-electron chi connectivity index (χ1n) is 8.13. The number of hydrogen-bond donors (Lipinski definition) is 0. The maximum absolute atomic E-state index is 10.4. The maximum Gasteiger partial charge on any atom is 0.357 e. The van der Waals surface area contributed by atoms with Crippen molar-refractivity contribution < 1.29 is 39.1 Å². The standard InChI is InChI=1S/C14H14I.C6H5NO5S/c1-11-3-7-13(8-4-11)15-14-9-5-12(2)6-10-14;8-7(9)5-2-1-3-6(4-5)13(10,11)12/h3-10H,1-2H3;1-4H,(H,10,11,12)/q+1;/p-1. The van der Waals surface area contributed by atoms with Crippen LogP contribution in [0.4, 0.5) is 5.69 Å². The molecule has 0 radical (unpaired) electrons. The van der Waals surface area contributed by atoms with Crippen LogP contribution >= 0.6 is 0 Å². The molecule has 6 nitrogen and oxygen atoms in total. The highest BCUT2D eigenvalue weighted by molar-refractivity contribution is 7.85. The molecule has 3 aromatic carbocycles. The van der Waals surface area contributed by atoms with Gasteiger partial charge in [-0.1, -0.05) is 41.5 Å². The molecular formula is C20H18INO5S. The van der Waals surface area contributed by atoms with E-state index in [-0.39, 0.29) is 21.2 Å². The molecular weight excluding hydrogens is 493 g/mol. The molecule has 3 aromatic rings. The molecule has 0 saturated heterocycles. The van der Waals surface area contributed by atoms with Gasteiger partial charge in [0, 0.05) is 12.1 Å². The van der Waals surface area contributed by atoms with Gasteiger partial charge in [-0.3, -0.25) is 10.1 Å². The van der Waals surface area contributed by atoms with Crippen molar-refractivity contribution in [3.05, 3.63) is 101 Å². The zero-order valence-corrected chi connectivity index (χ0v) is 18.2. The van der Waals surface area contributed by atoms with Gasteiger partial charge in [0.15, 0.2) is 7.14 Å². The molecule has 0 aliphatic rings. The first-order chi connectivity index (χ1) is 13.1. The van der Waals surface area contributed by atoms with Crippen molar-refractivity contribution in [2.75, 3.05) is 0 Å². The highest BCUT2D eigenvalue weighted by Crippen LogP contribution is 2.16. The molecule has 0 aliphatic heterocycles. The minimum atomic E-state index is -4.61. The second kappa shape index (κ2) is 9.76. The van der Waals surface area contributed by atoms with Gasteiger partial charge in [0.05, 0.1) is 9.82 Å². The summed E-state index contributed by atoms with van der Waals surface area (Å²) < 4.78 is 34.3. The lowest BCUT2D eigenvalue weighted by molar-refractivity contribution is -0.597. The third-order valence-corrected chi connectivity index (χ3v) is 7.07. The molecule has 0 amide bonds. The average molecular weight is 511 g/mol. The topological polar surface area (TPSA) is 100 Å². The summed E-state index contributed by atoms with van der Waals surface area (Å²) in [4.78, 5) is 8.82. The van der Waals surface area contributed by atoms with Crippen molar-refractivity contribution in [1.29, 1.82) is 0 Å². The number of nitro benzene ring substituents is 1. The molecule has 3 rings (SSSR count). The zero-order valence-electron chi connectivity index (χ0n) is 15.2. The lowest BCUT2D eigenvalue weighted by Gasteiger charge is -2.05. The Kier molecular flexibility index (Phi) is 7.67. The fourth-order valence-electron chi connectivity index (χ4n) is 2.07. The number of benzene rings is 3. The maximum atomic E-state index is 10.4. The Hall–Kier alpha value is -2.30. The molecule has 0 heterocycles. The monoisotopic (exact) mass is 511 g/mol. The predicted molar refractivity (Wildman–Crippen MR) is 101 cm³/mol. The van der Waals surface area contributed by atoms with Gasteiger partial charge < -0.3 is 4.55 Å². The Morgan fingerprint density at radius 3 is 1.68 bits per heavy atom. The number of halogens is 1. The van der Waals surface area contributed by atoms with Gasteiger partial charge in [-0.15, -0.1) is 0 Å². The Morgan fingerprint density at radius 1 is 0.821 bits per heavy atom. The Bertz CT molecular complexity index is 1010. The minimum absolute atomic E-state index is 0.00313. The van der Waals surface area contributed by atoms with Crippen LogP contribution < -0.4 is 21.2 Å². The van der Waals surface area contributed by atoms with E-state index in [2.05, 4.69) is 62.4 Å². The second-order valence-corrected chi connectivity index (χ2v) is 10.3. The van der Waals surface area contributed by atoms with Crippen LogP contribution in [0.15, 0.2) is 77.7 Å². The smallest absolute Gasteiger partial charge is 0.357 e. The Morgan fingerprint density at radius 2 is 1.29 bits per heavy atom. The molecule has 0 bridgehead atoms. The molecule has 0 aliphatic carbocycles. The van der Waals surface area contributed by atoms with E-state index in [0.717, 1.165) is 24.3 Å². The van der Waals surface area contributed by atoms with Gasteiger partial charge in [0.1, 0.15) is 10.1 Å². The van der Waals surface area contributed by atoms with Gasteiger partial charge in [-0.2, -0.15) is 0 Å². The van der Waals surface area contributed by atoms with Crippen molar-refractivity contribution in [1.82, 2.24) is 0 Å². The summed E-state index contributed by atoms with van der Waals surface area (Å²) >= 11 is 0.00313. The normalized spacial score (nSPS) is 10.7. The summed E-state index contributed by atoms with van der Waals surface area (Å²) in [6, 6.07) is 21.8. The largest absolute Gasteiger partial charge is 0.744 e. The van der Waals surface area contributed by atoms with E-state index >= 15 is 0 Å². The van der Waals surface area contributed by atoms with Crippen molar-refractivity contribution in [2.45, 2.75) is 18.7 Å². The number of aryl methyl sites for hydroxylation is 2. The highest BCUT2D eigenvalue weighted by atomic mass is 127. The van der Waals surface area contributed by atoms with Crippen LogP contribution in [0.2, 0.25) is 0 Å². The minimum Gasteiger partial charge on any atom is -0.744 e. The fourth-order valence-corrected chi connectivity index (χ4v) is 4.74. The van der Waals surface area contributed by atoms with Crippen LogP contribution in [0.3, 0.4) is 0 Å².